The Bertz CT molecular complexity index is 2270. The second-order valence-corrected chi connectivity index (χ2v) is 16.7. The van der Waals surface area contributed by atoms with Gasteiger partial charge in [-0.1, -0.05) is 12.1 Å². The number of carbonyl (C=O) groups is 3. The Morgan fingerprint density at radius 3 is 2.56 bits per heavy atom. The summed E-state index contributed by atoms with van der Waals surface area (Å²) in [4.78, 5) is 52.8. The first kappa shape index (κ1) is 35.0. The Labute approximate surface area is 320 Å². The van der Waals surface area contributed by atoms with Gasteiger partial charge in [-0.2, -0.15) is 0 Å². The highest BCUT2D eigenvalue weighted by Crippen LogP contribution is 2.46. The van der Waals surface area contributed by atoms with E-state index < -0.39 is 0 Å². The zero-order valence-corrected chi connectivity index (χ0v) is 31.5. The molecule has 9 rings (SSSR count). The molecule has 0 unspecified atom stereocenters. The molecule has 4 aliphatic rings. The Kier molecular flexibility index (Phi) is 9.17. The van der Waals surface area contributed by atoms with Crippen molar-refractivity contribution in [2.75, 3.05) is 54.6 Å². The van der Waals surface area contributed by atoms with Crippen LogP contribution in [0.4, 0.5) is 21.6 Å². The average Bonchev–Trinajstić information content (AvgIpc) is 3.80. The Hall–Kier alpha value is -4.75. The average molecular weight is 763 g/mol. The molecular weight excluding hydrogens is 724 g/mol. The van der Waals surface area contributed by atoms with Gasteiger partial charge in [-0.15, -0.1) is 22.7 Å². The van der Waals surface area contributed by atoms with Crippen LogP contribution in [0.5, 0.6) is 0 Å². The Balaban J connectivity index is 0.907. The molecule has 0 bridgehead atoms. The molecule has 12 heteroatoms. The van der Waals surface area contributed by atoms with Gasteiger partial charge in [-0.25, -0.2) is 9.37 Å². The van der Waals surface area contributed by atoms with Gasteiger partial charge >= 0.3 is 0 Å². The summed E-state index contributed by atoms with van der Waals surface area (Å²) >= 11 is 2.95. The molecule has 9 nitrogen and oxygen atoms in total. The van der Waals surface area contributed by atoms with Crippen molar-refractivity contribution in [3.05, 3.63) is 116 Å². The number of benzene rings is 2. The smallest absolute Gasteiger partial charge is 0.259 e. The summed E-state index contributed by atoms with van der Waals surface area (Å²) in [6.07, 6.45) is 3.35. The van der Waals surface area contributed by atoms with Crippen LogP contribution in [-0.4, -0.2) is 62.0 Å². The summed E-state index contributed by atoms with van der Waals surface area (Å²) in [6.45, 7) is 6.59. The normalized spacial score (nSPS) is 17.2. The van der Waals surface area contributed by atoms with Crippen LogP contribution < -0.4 is 15.1 Å². The molecule has 1 spiro atoms. The molecule has 5 aromatic rings. The van der Waals surface area contributed by atoms with Gasteiger partial charge < -0.3 is 24.6 Å². The van der Waals surface area contributed by atoms with Gasteiger partial charge in [0.05, 0.1) is 44.8 Å². The number of Topliss-reactive ketones (excluding diaryl/α,β-unsaturated/α-hetero) is 1. The maximum atomic E-state index is 14.5. The second kappa shape index (κ2) is 14.2. The summed E-state index contributed by atoms with van der Waals surface area (Å²) in [7, 11) is 0. The number of hydrogen-bond acceptors (Lipinski definition) is 9. The van der Waals surface area contributed by atoms with Crippen LogP contribution in [-0.2, 0) is 35.3 Å². The summed E-state index contributed by atoms with van der Waals surface area (Å²) in [5.74, 6) is -0.156. The molecule has 0 radical (unpaired) electrons. The fraction of sp³-hybridized carbons (Fsp3) is 0.333. The highest BCUT2D eigenvalue weighted by Gasteiger charge is 2.45. The van der Waals surface area contributed by atoms with Crippen LogP contribution in [0.15, 0.2) is 66.0 Å². The molecule has 0 atom stereocenters. The minimum absolute atomic E-state index is 0.00580. The van der Waals surface area contributed by atoms with Crippen LogP contribution in [0.1, 0.15) is 71.2 Å². The standard InChI is InChI=1S/C42H39FN4O5S2/c1-25-3-2-4-32(43)30(25)21-35(48)36-20-27-9-14-47(34-11-18-53-38(34)37(27)54-36)41(50)26-5-7-29(8-6-26)44-40(49)31-19-28-22-52-15-10-33(28)45-39(31)46-23-42(24-46)12-16-51-17-13-42/h2-8,11,18-20H,9-10,12-17,21-24H2,1H3,(H,44,49). The largest absolute Gasteiger partial charge is 0.381 e. The number of nitrogens with zero attached hydrogens (tertiary/aromatic N) is 3. The number of ether oxygens (including phenoxy) is 2. The third-order valence-electron chi connectivity index (χ3n) is 11.2. The van der Waals surface area contributed by atoms with Gasteiger partial charge in [0.1, 0.15) is 11.6 Å². The molecule has 276 valence electrons. The van der Waals surface area contributed by atoms with Crippen molar-refractivity contribution >= 4 is 57.5 Å². The van der Waals surface area contributed by atoms with E-state index in [1.165, 1.54) is 28.7 Å². The number of rotatable bonds is 7. The van der Waals surface area contributed by atoms with Crippen LogP contribution in [0, 0.1) is 18.2 Å². The zero-order valence-electron chi connectivity index (χ0n) is 29.9. The number of anilines is 3. The predicted molar refractivity (Wildman–Crippen MR) is 209 cm³/mol. The number of ketones is 1. The van der Waals surface area contributed by atoms with Gasteiger partial charge in [0.2, 0.25) is 0 Å². The summed E-state index contributed by atoms with van der Waals surface area (Å²) < 4.78 is 25.8. The van der Waals surface area contributed by atoms with E-state index in [0.29, 0.717) is 53.4 Å². The van der Waals surface area contributed by atoms with E-state index in [4.69, 9.17) is 14.5 Å². The lowest BCUT2D eigenvalue weighted by molar-refractivity contribution is -0.000550. The van der Waals surface area contributed by atoms with E-state index in [-0.39, 0.29) is 35.3 Å². The Morgan fingerprint density at radius 2 is 1.76 bits per heavy atom. The molecule has 4 aliphatic heterocycles. The van der Waals surface area contributed by atoms with E-state index in [0.717, 1.165) is 89.2 Å². The van der Waals surface area contributed by atoms with Crippen LogP contribution in [0.3, 0.4) is 0 Å². The number of hydrogen-bond donors (Lipinski definition) is 1. The molecule has 2 fully saturated rings. The highest BCUT2D eigenvalue weighted by atomic mass is 32.1. The van der Waals surface area contributed by atoms with Gasteiger partial charge in [0.25, 0.3) is 11.8 Å². The first-order valence-electron chi connectivity index (χ1n) is 18.4. The van der Waals surface area contributed by atoms with Crippen molar-refractivity contribution < 1.29 is 28.2 Å². The fourth-order valence-corrected chi connectivity index (χ4v) is 10.3. The molecule has 1 N–H and O–H groups in total. The third-order valence-corrected chi connectivity index (χ3v) is 13.5. The minimum Gasteiger partial charge on any atom is -0.381 e. The predicted octanol–water partition coefficient (Wildman–Crippen LogP) is 7.89. The maximum Gasteiger partial charge on any atom is 0.259 e. The maximum absolute atomic E-state index is 14.5. The highest BCUT2D eigenvalue weighted by molar-refractivity contribution is 7.23. The lowest BCUT2D eigenvalue weighted by Gasteiger charge is -2.53. The van der Waals surface area contributed by atoms with Gasteiger partial charge in [0, 0.05) is 67.9 Å². The van der Waals surface area contributed by atoms with Crippen molar-refractivity contribution in [1.29, 1.82) is 0 Å². The number of pyridine rings is 1. The first-order chi connectivity index (χ1) is 26.2. The molecule has 0 saturated carbocycles. The van der Waals surface area contributed by atoms with Crippen molar-refractivity contribution in [2.24, 2.45) is 5.41 Å². The minimum atomic E-state index is -0.367. The number of nitrogens with one attached hydrogen (secondary N) is 1. The van der Waals surface area contributed by atoms with Crippen molar-refractivity contribution in [3.63, 3.8) is 0 Å². The molecule has 2 saturated heterocycles. The quantitative estimate of drug-likeness (QED) is 0.168. The van der Waals surface area contributed by atoms with E-state index in [1.54, 1.807) is 35.2 Å². The number of carbonyl (C=O) groups excluding carboxylic acids is 3. The molecular formula is C42H39FN4O5S2. The van der Waals surface area contributed by atoms with E-state index in [9.17, 15) is 18.8 Å². The number of aromatic nitrogens is 1. The molecule has 0 aliphatic carbocycles. The number of halogens is 1. The van der Waals surface area contributed by atoms with E-state index >= 15 is 0 Å². The SMILES string of the molecule is Cc1cccc(F)c1CC(=O)c1cc2c(s1)-c1sccc1N(C(=O)c1ccc(NC(=O)c3cc4c(nc3N3CC5(CCOCC5)C3)CCOC4)cc1)CC2. The van der Waals surface area contributed by atoms with Gasteiger partial charge in [-0.3, -0.25) is 14.4 Å². The molecule has 2 aromatic carbocycles. The van der Waals surface area contributed by atoms with Crippen LogP contribution in [0.2, 0.25) is 0 Å². The topological polar surface area (TPSA) is 101 Å². The monoisotopic (exact) mass is 762 g/mol. The zero-order chi connectivity index (χ0) is 37.0. The van der Waals surface area contributed by atoms with E-state index in [2.05, 4.69) is 10.2 Å². The van der Waals surface area contributed by atoms with Crippen molar-refractivity contribution in [1.82, 2.24) is 4.98 Å². The summed E-state index contributed by atoms with van der Waals surface area (Å²) in [6, 6.07) is 17.7. The molecule has 54 heavy (non-hydrogen) atoms. The lowest BCUT2D eigenvalue weighted by atomic mass is 9.73. The van der Waals surface area contributed by atoms with E-state index in [1.807, 2.05) is 36.6 Å². The number of amides is 2. The van der Waals surface area contributed by atoms with Gasteiger partial charge in [0.15, 0.2) is 5.78 Å². The summed E-state index contributed by atoms with van der Waals surface area (Å²) in [5, 5.41) is 5.01. The molecule has 3 aromatic heterocycles. The second-order valence-electron chi connectivity index (χ2n) is 14.7. The third kappa shape index (κ3) is 6.44. The number of thiophene rings is 2. The molecule has 7 heterocycles. The van der Waals surface area contributed by atoms with Crippen LogP contribution in [0.25, 0.3) is 9.75 Å². The fourth-order valence-electron chi connectivity index (χ4n) is 8.10. The summed E-state index contributed by atoms with van der Waals surface area (Å²) in [5.41, 5.74) is 6.76. The number of fused-ring (bicyclic) bond motifs is 4. The lowest BCUT2D eigenvalue weighted by Crippen LogP contribution is -2.59. The van der Waals surface area contributed by atoms with Crippen molar-refractivity contribution in [3.8, 4) is 9.75 Å². The van der Waals surface area contributed by atoms with Gasteiger partial charge in [-0.05, 0) is 96.8 Å². The van der Waals surface area contributed by atoms with Crippen LogP contribution >= 0.6 is 22.7 Å². The van der Waals surface area contributed by atoms with Crippen molar-refractivity contribution in [2.45, 2.75) is 45.6 Å². The molecule has 2 amide bonds. The number of aryl methyl sites for hydroxylation is 1. The first-order valence-corrected chi connectivity index (χ1v) is 20.1. The Morgan fingerprint density at radius 1 is 0.944 bits per heavy atom.